The Morgan fingerprint density at radius 1 is 0.480 bits per heavy atom. The van der Waals surface area contributed by atoms with Gasteiger partial charge in [0.1, 0.15) is 17.2 Å². The predicted molar refractivity (Wildman–Crippen MR) is 203 cm³/mol. The number of nitrogens with zero attached hydrogens (tertiary/aromatic N) is 3. The van der Waals surface area contributed by atoms with Gasteiger partial charge in [0.25, 0.3) is 0 Å². The number of para-hydroxylation sites is 1. The highest BCUT2D eigenvalue weighted by molar-refractivity contribution is 6.01. The van der Waals surface area contributed by atoms with E-state index in [0.29, 0.717) is 11.6 Å². The molecule has 0 N–H and O–H groups in total. The van der Waals surface area contributed by atoms with Crippen molar-refractivity contribution in [2.45, 2.75) is 18.8 Å². The van der Waals surface area contributed by atoms with Crippen LogP contribution in [0.5, 0.6) is 0 Å². The second-order valence-electron chi connectivity index (χ2n) is 13.2. The first-order valence-electron chi connectivity index (χ1n) is 17.1. The summed E-state index contributed by atoms with van der Waals surface area (Å²) in [6.07, 6.45) is 0. The third-order valence-corrected chi connectivity index (χ3v) is 10.3. The topological polar surface area (TPSA) is 51.8 Å². The van der Waals surface area contributed by atoms with Crippen molar-refractivity contribution in [1.82, 2.24) is 15.0 Å². The predicted octanol–water partition coefficient (Wildman–Crippen LogP) is 11.8. The molecular formula is C46H31N3O. The van der Waals surface area contributed by atoms with E-state index in [-0.39, 0.29) is 11.8 Å². The Labute approximate surface area is 289 Å². The van der Waals surface area contributed by atoms with Gasteiger partial charge in [-0.1, -0.05) is 153 Å². The fourth-order valence-electron chi connectivity index (χ4n) is 7.85. The molecule has 2 unspecified atom stereocenters. The third-order valence-electron chi connectivity index (χ3n) is 10.3. The maximum Gasteiger partial charge on any atom is 0.163 e. The molecule has 0 saturated heterocycles. The molecule has 2 heterocycles. The first-order chi connectivity index (χ1) is 24.7. The summed E-state index contributed by atoms with van der Waals surface area (Å²) in [4.78, 5) is 15.6. The van der Waals surface area contributed by atoms with Gasteiger partial charge in [0, 0.05) is 33.2 Å². The Morgan fingerprint density at radius 3 is 1.84 bits per heavy atom. The fourth-order valence-corrected chi connectivity index (χ4v) is 7.85. The van der Waals surface area contributed by atoms with Gasteiger partial charge in [-0.3, -0.25) is 0 Å². The molecule has 50 heavy (non-hydrogen) atoms. The smallest absolute Gasteiger partial charge is 0.163 e. The highest BCUT2D eigenvalue weighted by atomic mass is 16.3. The van der Waals surface area contributed by atoms with Crippen LogP contribution < -0.4 is 0 Å². The van der Waals surface area contributed by atoms with E-state index < -0.39 is 0 Å². The standard InChI is InChI=1S/C46H31N3O/c1-28-40-39-21-11-20-36(34-24-22-29-12-5-7-16-32(29)26-34)42(39)50-43(40)38-19-10-9-18-37(38)41(28)46-48-44(31-14-3-2-4-15-31)47-45(49-46)35-25-23-30-13-6-8-17-33(30)27-35/h2-28,41H,1H3. The lowest BCUT2D eigenvalue weighted by molar-refractivity contribution is 0.573. The fraction of sp³-hybridized carbons (Fsp3) is 0.0652. The van der Waals surface area contributed by atoms with Gasteiger partial charge in [-0.25, -0.2) is 15.0 Å². The van der Waals surface area contributed by atoms with Crippen LogP contribution in [0.2, 0.25) is 0 Å². The van der Waals surface area contributed by atoms with Crippen LogP contribution in [-0.4, -0.2) is 15.0 Å². The lowest BCUT2D eigenvalue weighted by atomic mass is 9.73. The van der Waals surface area contributed by atoms with Crippen molar-refractivity contribution in [3.8, 4) is 45.2 Å². The number of benzene rings is 7. The molecule has 4 nitrogen and oxygen atoms in total. The molecule has 0 fully saturated rings. The molecule has 0 spiro atoms. The Morgan fingerprint density at radius 2 is 1.08 bits per heavy atom. The monoisotopic (exact) mass is 641 g/mol. The molecule has 10 rings (SSSR count). The zero-order valence-electron chi connectivity index (χ0n) is 27.4. The van der Waals surface area contributed by atoms with Gasteiger partial charge < -0.3 is 4.42 Å². The van der Waals surface area contributed by atoms with Gasteiger partial charge in [0.15, 0.2) is 11.6 Å². The summed E-state index contributed by atoms with van der Waals surface area (Å²) in [7, 11) is 0. The molecule has 236 valence electrons. The average Bonchev–Trinajstić information content (AvgIpc) is 3.59. The normalized spacial score (nSPS) is 15.3. The van der Waals surface area contributed by atoms with Crippen molar-refractivity contribution in [3.05, 3.63) is 175 Å². The van der Waals surface area contributed by atoms with E-state index in [1.807, 2.05) is 18.2 Å². The summed E-state index contributed by atoms with van der Waals surface area (Å²) in [5.41, 5.74) is 8.51. The van der Waals surface area contributed by atoms with Gasteiger partial charge in [-0.05, 0) is 50.7 Å². The quantitative estimate of drug-likeness (QED) is 0.192. The van der Waals surface area contributed by atoms with Crippen molar-refractivity contribution in [3.63, 3.8) is 0 Å². The molecule has 4 heteroatoms. The van der Waals surface area contributed by atoms with Crippen LogP contribution in [0.1, 0.15) is 35.7 Å². The number of furan rings is 1. The van der Waals surface area contributed by atoms with E-state index in [0.717, 1.165) is 61.3 Å². The Balaban J connectivity index is 1.17. The zero-order chi connectivity index (χ0) is 33.2. The number of rotatable bonds is 4. The molecule has 0 saturated carbocycles. The third kappa shape index (κ3) is 4.56. The average molecular weight is 642 g/mol. The maximum atomic E-state index is 6.94. The van der Waals surface area contributed by atoms with Crippen molar-refractivity contribution in [2.75, 3.05) is 0 Å². The molecule has 1 aliphatic rings. The molecule has 2 atom stereocenters. The number of fused-ring (bicyclic) bond motifs is 7. The molecule has 0 amide bonds. The van der Waals surface area contributed by atoms with E-state index >= 15 is 0 Å². The van der Waals surface area contributed by atoms with E-state index in [9.17, 15) is 0 Å². The van der Waals surface area contributed by atoms with Crippen LogP contribution >= 0.6 is 0 Å². The summed E-state index contributed by atoms with van der Waals surface area (Å²) >= 11 is 0. The van der Waals surface area contributed by atoms with Crippen molar-refractivity contribution < 1.29 is 4.42 Å². The van der Waals surface area contributed by atoms with E-state index in [1.165, 1.54) is 21.7 Å². The molecule has 7 aromatic carbocycles. The van der Waals surface area contributed by atoms with Crippen molar-refractivity contribution in [2.24, 2.45) is 0 Å². The lowest BCUT2D eigenvalue weighted by Gasteiger charge is -2.30. The van der Waals surface area contributed by atoms with Gasteiger partial charge in [0.2, 0.25) is 0 Å². The van der Waals surface area contributed by atoms with Gasteiger partial charge >= 0.3 is 0 Å². The minimum atomic E-state index is -0.117. The van der Waals surface area contributed by atoms with Crippen LogP contribution in [-0.2, 0) is 0 Å². The SMILES string of the molecule is CC1c2c(oc3c(-c4ccc5ccccc5c4)cccc23)-c2ccccc2C1c1nc(-c2ccccc2)nc(-c2ccc3ccccc3c2)n1. The van der Waals surface area contributed by atoms with Gasteiger partial charge in [-0.2, -0.15) is 0 Å². The summed E-state index contributed by atoms with van der Waals surface area (Å²) in [6.45, 7) is 2.29. The number of hydrogen-bond donors (Lipinski definition) is 0. The minimum absolute atomic E-state index is 0.0310. The summed E-state index contributed by atoms with van der Waals surface area (Å²) < 4.78 is 6.94. The van der Waals surface area contributed by atoms with E-state index in [2.05, 4.69) is 146 Å². The summed E-state index contributed by atoms with van der Waals surface area (Å²) in [6, 6.07) is 55.3. The first-order valence-corrected chi connectivity index (χ1v) is 17.1. The molecule has 9 aromatic rings. The second kappa shape index (κ2) is 11.4. The lowest BCUT2D eigenvalue weighted by Crippen LogP contribution is -2.19. The van der Waals surface area contributed by atoms with E-state index in [4.69, 9.17) is 19.4 Å². The molecule has 0 radical (unpaired) electrons. The van der Waals surface area contributed by atoms with Crippen molar-refractivity contribution >= 4 is 32.5 Å². The summed E-state index contributed by atoms with van der Waals surface area (Å²) in [5.74, 6) is 2.94. The second-order valence-corrected chi connectivity index (χ2v) is 13.2. The number of aromatic nitrogens is 3. The first kappa shape index (κ1) is 28.6. The van der Waals surface area contributed by atoms with Crippen LogP contribution in [0, 0.1) is 0 Å². The largest absolute Gasteiger partial charge is 0.455 e. The Hall–Kier alpha value is -6.39. The molecule has 1 aliphatic carbocycles. The molecular weight excluding hydrogens is 611 g/mol. The highest BCUT2D eigenvalue weighted by Gasteiger charge is 2.38. The Bertz CT molecular complexity index is 2750. The molecule has 0 aliphatic heterocycles. The molecule has 0 bridgehead atoms. The zero-order valence-corrected chi connectivity index (χ0v) is 27.4. The van der Waals surface area contributed by atoms with E-state index in [1.54, 1.807) is 0 Å². The van der Waals surface area contributed by atoms with Gasteiger partial charge in [-0.15, -0.1) is 0 Å². The minimum Gasteiger partial charge on any atom is -0.455 e. The van der Waals surface area contributed by atoms with Crippen molar-refractivity contribution in [1.29, 1.82) is 0 Å². The van der Waals surface area contributed by atoms with Crippen LogP contribution in [0.4, 0.5) is 0 Å². The summed E-state index contributed by atoms with van der Waals surface area (Å²) in [5, 5.41) is 5.91. The van der Waals surface area contributed by atoms with Crippen LogP contribution in [0.3, 0.4) is 0 Å². The van der Waals surface area contributed by atoms with Gasteiger partial charge in [0.05, 0.1) is 5.92 Å². The van der Waals surface area contributed by atoms with Crippen LogP contribution in [0.15, 0.2) is 162 Å². The Kier molecular flexibility index (Phi) is 6.50. The number of hydrogen-bond acceptors (Lipinski definition) is 4. The van der Waals surface area contributed by atoms with Crippen LogP contribution in [0.25, 0.3) is 77.7 Å². The maximum absolute atomic E-state index is 6.94. The highest BCUT2D eigenvalue weighted by Crippen LogP contribution is 2.53. The molecule has 2 aromatic heterocycles.